The predicted octanol–water partition coefficient (Wildman–Crippen LogP) is 1.81. The minimum Gasteiger partial charge on any atom is -0.480 e. The van der Waals surface area contributed by atoms with Gasteiger partial charge in [0.15, 0.2) is 0 Å². The number of carbonyl (C=O) groups excluding carboxylic acids is 2. The number of hydrogen-bond donors (Lipinski definition) is 1. The lowest BCUT2D eigenvalue weighted by Gasteiger charge is -2.07. The Balaban J connectivity index is 2.23. The molecule has 0 atom stereocenters. The number of imide groups is 1. The van der Waals surface area contributed by atoms with Crippen LogP contribution in [0.4, 0.5) is 4.79 Å². The van der Waals surface area contributed by atoms with E-state index >= 15 is 0 Å². The van der Waals surface area contributed by atoms with Gasteiger partial charge in [0.1, 0.15) is 6.54 Å². The highest BCUT2D eigenvalue weighted by molar-refractivity contribution is 8.18. The Morgan fingerprint density at radius 1 is 1.28 bits per heavy atom. The smallest absolute Gasteiger partial charge is 0.323 e. The first kappa shape index (κ1) is 12.4. The average molecular weight is 263 g/mol. The fraction of sp³-hybridized carbons (Fsp3) is 0.0833. The van der Waals surface area contributed by atoms with Crippen LogP contribution in [-0.2, 0) is 9.59 Å². The van der Waals surface area contributed by atoms with Crippen molar-refractivity contribution in [2.75, 3.05) is 6.54 Å². The van der Waals surface area contributed by atoms with E-state index in [1.807, 2.05) is 18.2 Å². The third-order valence-corrected chi connectivity index (χ3v) is 3.17. The molecule has 1 heterocycles. The minimum atomic E-state index is -1.21. The molecule has 1 fully saturated rings. The summed E-state index contributed by atoms with van der Waals surface area (Å²) in [5.41, 5.74) is 0.790. The molecule has 0 aliphatic carbocycles. The second kappa shape index (κ2) is 5.05. The fourth-order valence-corrected chi connectivity index (χ4v) is 2.31. The van der Waals surface area contributed by atoms with Gasteiger partial charge in [0.05, 0.1) is 4.91 Å². The topological polar surface area (TPSA) is 74.7 Å². The Kier molecular flexibility index (Phi) is 3.47. The zero-order valence-electron chi connectivity index (χ0n) is 9.20. The Labute approximate surface area is 107 Å². The van der Waals surface area contributed by atoms with Gasteiger partial charge in [-0.05, 0) is 23.4 Å². The molecule has 92 valence electrons. The predicted molar refractivity (Wildman–Crippen MR) is 66.8 cm³/mol. The monoisotopic (exact) mass is 263 g/mol. The first-order valence-electron chi connectivity index (χ1n) is 5.10. The summed E-state index contributed by atoms with van der Waals surface area (Å²) >= 11 is 0.754. The van der Waals surface area contributed by atoms with Crippen molar-refractivity contribution in [2.45, 2.75) is 0 Å². The maximum absolute atomic E-state index is 11.8. The first-order chi connectivity index (χ1) is 8.58. The molecule has 0 spiro atoms. The summed E-state index contributed by atoms with van der Waals surface area (Å²) in [6.45, 7) is -0.600. The van der Waals surface area contributed by atoms with Crippen molar-refractivity contribution in [3.8, 4) is 0 Å². The summed E-state index contributed by atoms with van der Waals surface area (Å²) in [7, 11) is 0. The molecule has 1 aromatic carbocycles. The maximum atomic E-state index is 11.8. The zero-order chi connectivity index (χ0) is 13.1. The van der Waals surface area contributed by atoms with Gasteiger partial charge < -0.3 is 5.11 Å². The van der Waals surface area contributed by atoms with Crippen LogP contribution in [0, 0.1) is 0 Å². The number of rotatable bonds is 3. The maximum Gasteiger partial charge on any atom is 0.323 e. The quantitative estimate of drug-likeness (QED) is 0.842. The van der Waals surface area contributed by atoms with Gasteiger partial charge >= 0.3 is 5.97 Å². The molecule has 0 bridgehead atoms. The minimum absolute atomic E-state index is 0.243. The molecule has 0 radical (unpaired) electrons. The van der Waals surface area contributed by atoms with Crippen molar-refractivity contribution in [1.82, 2.24) is 4.90 Å². The highest BCUT2D eigenvalue weighted by Gasteiger charge is 2.36. The molecule has 1 aliphatic rings. The Hall–Kier alpha value is -2.08. The number of carbonyl (C=O) groups is 3. The first-order valence-corrected chi connectivity index (χ1v) is 5.92. The van der Waals surface area contributed by atoms with Gasteiger partial charge in [-0.2, -0.15) is 0 Å². The molecule has 18 heavy (non-hydrogen) atoms. The highest BCUT2D eigenvalue weighted by Crippen LogP contribution is 2.31. The number of aliphatic carboxylic acids is 1. The van der Waals surface area contributed by atoms with E-state index in [4.69, 9.17) is 5.11 Å². The molecule has 6 heteroatoms. The van der Waals surface area contributed by atoms with Gasteiger partial charge in [-0.1, -0.05) is 30.3 Å². The summed E-state index contributed by atoms with van der Waals surface area (Å²) < 4.78 is 0. The second-order valence-corrected chi connectivity index (χ2v) is 4.57. The van der Waals surface area contributed by atoms with E-state index in [-0.39, 0.29) is 4.91 Å². The highest BCUT2D eigenvalue weighted by atomic mass is 32.2. The fourth-order valence-electron chi connectivity index (χ4n) is 1.47. The number of thioether (sulfide) groups is 1. The number of carboxylic acid groups (broad SMARTS) is 1. The lowest BCUT2D eigenvalue weighted by atomic mass is 10.2. The third-order valence-electron chi connectivity index (χ3n) is 2.26. The largest absolute Gasteiger partial charge is 0.480 e. The number of amides is 2. The van der Waals surface area contributed by atoms with E-state index in [1.54, 1.807) is 18.2 Å². The number of nitrogens with zero attached hydrogens (tertiary/aromatic N) is 1. The molecule has 1 aromatic rings. The molecule has 0 unspecified atom stereocenters. The summed E-state index contributed by atoms with van der Waals surface area (Å²) in [4.78, 5) is 34.8. The normalized spacial score (nSPS) is 17.6. The summed E-state index contributed by atoms with van der Waals surface area (Å²) in [5, 5.41) is 8.06. The molecule has 1 aliphatic heterocycles. The van der Waals surface area contributed by atoms with Crippen LogP contribution in [-0.4, -0.2) is 33.7 Å². The molecule has 2 amide bonds. The lowest BCUT2D eigenvalue weighted by molar-refractivity contribution is -0.140. The Bertz CT molecular complexity index is 538. The van der Waals surface area contributed by atoms with Gasteiger partial charge in [-0.15, -0.1) is 0 Å². The van der Waals surface area contributed by atoms with Crippen molar-refractivity contribution < 1.29 is 19.5 Å². The van der Waals surface area contributed by atoms with Crippen LogP contribution in [0.15, 0.2) is 35.2 Å². The Morgan fingerprint density at radius 3 is 2.56 bits per heavy atom. The molecular weight excluding hydrogens is 254 g/mol. The SMILES string of the molecule is O=C(O)CN1C(=O)S/C(=C/c2ccccc2)C1=O. The summed E-state index contributed by atoms with van der Waals surface area (Å²) in [5.74, 6) is -1.77. The van der Waals surface area contributed by atoms with E-state index in [1.165, 1.54) is 0 Å². The van der Waals surface area contributed by atoms with Crippen molar-refractivity contribution in [3.63, 3.8) is 0 Å². The number of hydrogen-bond acceptors (Lipinski definition) is 4. The van der Waals surface area contributed by atoms with E-state index in [9.17, 15) is 14.4 Å². The molecule has 1 saturated heterocycles. The summed E-state index contributed by atoms with van der Waals surface area (Å²) in [6, 6.07) is 9.06. The average Bonchev–Trinajstić information content (AvgIpc) is 2.58. The van der Waals surface area contributed by atoms with Gasteiger partial charge in [-0.25, -0.2) is 0 Å². The summed E-state index contributed by atoms with van der Waals surface area (Å²) in [6.07, 6.45) is 1.58. The molecular formula is C12H9NO4S. The third kappa shape index (κ3) is 2.60. The van der Waals surface area contributed by atoms with Crippen LogP contribution in [0.1, 0.15) is 5.56 Å². The van der Waals surface area contributed by atoms with E-state index in [0.717, 1.165) is 22.2 Å². The van der Waals surface area contributed by atoms with Crippen molar-refractivity contribution >= 4 is 35.0 Å². The second-order valence-electron chi connectivity index (χ2n) is 3.57. The molecule has 1 N–H and O–H groups in total. The zero-order valence-corrected chi connectivity index (χ0v) is 10.0. The standard InChI is InChI=1S/C12H9NO4S/c14-10(15)7-13-11(16)9(18-12(13)17)6-8-4-2-1-3-5-8/h1-6H,7H2,(H,14,15)/b9-6+. The number of carboxylic acids is 1. The van der Waals surface area contributed by atoms with Gasteiger partial charge in [0.25, 0.3) is 11.1 Å². The van der Waals surface area contributed by atoms with E-state index in [2.05, 4.69) is 0 Å². The van der Waals surface area contributed by atoms with Crippen LogP contribution in [0.25, 0.3) is 6.08 Å². The van der Waals surface area contributed by atoms with Gasteiger partial charge in [0.2, 0.25) is 0 Å². The lowest BCUT2D eigenvalue weighted by Crippen LogP contribution is -2.33. The molecule has 2 rings (SSSR count). The van der Waals surface area contributed by atoms with Crippen molar-refractivity contribution in [1.29, 1.82) is 0 Å². The van der Waals surface area contributed by atoms with Crippen molar-refractivity contribution in [3.05, 3.63) is 40.8 Å². The Morgan fingerprint density at radius 2 is 1.94 bits per heavy atom. The molecule has 5 nitrogen and oxygen atoms in total. The molecule has 0 aromatic heterocycles. The van der Waals surface area contributed by atoms with Gasteiger partial charge in [-0.3, -0.25) is 19.3 Å². The molecule has 0 saturated carbocycles. The van der Waals surface area contributed by atoms with Crippen LogP contribution in [0.5, 0.6) is 0 Å². The van der Waals surface area contributed by atoms with Crippen LogP contribution in [0.2, 0.25) is 0 Å². The van der Waals surface area contributed by atoms with Crippen molar-refractivity contribution in [2.24, 2.45) is 0 Å². The van der Waals surface area contributed by atoms with E-state index in [0.29, 0.717) is 0 Å². The number of benzene rings is 1. The van der Waals surface area contributed by atoms with Crippen LogP contribution < -0.4 is 0 Å². The van der Waals surface area contributed by atoms with Crippen LogP contribution in [0.3, 0.4) is 0 Å². The van der Waals surface area contributed by atoms with E-state index < -0.39 is 23.7 Å². The van der Waals surface area contributed by atoms with Crippen LogP contribution >= 0.6 is 11.8 Å². The van der Waals surface area contributed by atoms with Gasteiger partial charge in [0, 0.05) is 0 Å².